The third-order valence-corrected chi connectivity index (χ3v) is 5.44. The highest BCUT2D eigenvalue weighted by Gasteiger charge is 2.18. The Morgan fingerprint density at radius 2 is 1.39 bits per heavy atom. The van der Waals surface area contributed by atoms with E-state index < -0.39 is 31.7 Å². The van der Waals surface area contributed by atoms with Gasteiger partial charge in [0.1, 0.15) is 13.2 Å². The predicted octanol–water partition coefficient (Wildman–Crippen LogP) is 3.47. The Morgan fingerprint density at radius 3 is 1.91 bits per heavy atom. The van der Waals surface area contributed by atoms with Crippen molar-refractivity contribution in [3.8, 4) is 0 Å². The standard InChI is InChI=1S/C24H30NO7P/c25-22(15-24(27)32-17-20-10-5-2-6-11-20)14-21(18-33(28,29)30)12-7-13-23(26)31-16-19-8-3-1-4-9-19/h1-6,8-11,14,22H,7,12-13,15-18,25H2,(H2,28,29,30)/b21-14-. The van der Waals surface area contributed by atoms with Crippen LogP contribution in [0.5, 0.6) is 0 Å². The maximum absolute atomic E-state index is 12.0. The van der Waals surface area contributed by atoms with Crippen molar-refractivity contribution in [2.45, 2.75) is 44.9 Å². The molecule has 0 aromatic heterocycles. The molecule has 0 fully saturated rings. The van der Waals surface area contributed by atoms with Gasteiger partial charge in [-0.3, -0.25) is 14.2 Å². The first-order chi connectivity index (χ1) is 15.7. The van der Waals surface area contributed by atoms with Crippen LogP contribution in [-0.4, -0.2) is 33.9 Å². The molecule has 0 amide bonds. The van der Waals surface area contributed by atoms with Crippen LogP contribution in [0.1, 0.15) is 36.8 Å². The van der Waals surface area contributed by atoms with E-state index in [0.29, 0.717) is 12.0 Å². The molecule has 1 unspecified atom stereocenters. The zero-order valence-electron chi connectivity index (χ0n) is 18.3. The van der Waals surface area contributed by atoms with Gasteiger partial charge in [0.15, 0.2) is 0 Å². The fourth-order valence-corrected chi connectivity index (χ4v) is 3.89. The van der Waals surface area contributed by atoms with Crippen LogP contribution in [0.25, 0.3) is 0 Å². The first-order valence-corrected chi connectivity index (χ1v) is 12.4. The molecule has 8 nitrogen and oxygen atoms in total. The Balaban J connectivity index is 1.81. The molecule has 33 heavy (non-hydrogen) atoms. The van der Waals surface area contributed by atoms with E-state index in [4.69, 9.17) is 15.2 Å². The molecule has 0 bridgehead atoms. The number of rotatable bonds is 13. The average Bonchev–Trinajstić information content (AvgIpc) is 2.76. The molecule has 0 aliphatic rings. The van der Waals surface area contributed by atoms with Gasteiger partial charge in [0.05, 0.1) is 12.6 Å². The smallest absolute Gasteiger partial charge is 0.329 e. The van der Waals surface area contributed by atoms with Gasteiger partial charge in [-0.15, -0.1) is 0 Å². The van der Waals surface area contributed by atoms with Crippen molar-refractivity contribution in [2.75, 3.05) is 6.16 Å². The number of allylic oxidation sites excluding steroid dienone is 1. The summed E-state index contributed by atoms with van der Waals surface area (Å²) in [5.41, 5.74) is 8.09. The van der Waals surface area contributed by atoms with Crippen molar-refractivity contribution in [1.29, 1.82) is 0 Å². The van der Waals surface area contributed by atoms with Crippen molar-refractivity contribution in [3.63, 3.8) is 0 Å². The van der Waals surface area contributed by atoms with Crippen LogP contribution in [-0.2, 0) is 36.8 Å². The number of carbonyl (C=O) groups is 2. The van der Waals surface area contributed by atoms with Gasteiger partial charge in [-0.25, -0.2) is 0 Å². The SMILES string of the molecule is NC(/C=C(/CCCC(=O)OCc1ccccc1)CP(=O)(O)O)CC(=O)OCc1ccccc1. The third kappa shape index (κ3) is 12.2. The summed E-state index contributed by atoms with van der Waals surface area (Å²) in [6.07, 6.45) is 1.54. The van der Waals surface area contributed by atoms with Crippen molar-refractivity contribution in [1.82, 2.24) is 0 Å². The molecule has 0 aliphatic carbocycles. The number of esters is 2. The Kier molecular flexibility index (Phi) is 11.0. The molecular formula is C24H30NO7P. The molecule has 2 aromatic carbocycles. The molecule has 0 radical (unpaired) electrons. The largest absolute Gasteiger partial charge is 0.461 e. The Labute approximate surface area is 193 Å². The molecule has 2 aromatic rings. The van der Waals surface area contributed by atoms with E-state index in [2.05, 4.69) is 0 Å². The van der Waals surface area contributed by atoms with E-state index in [0.717, 1.165) is 11.1 Å². The van der Waals surface area contributed by atoms with Crippen LogP contribution < -0.4 is 5.73 Å². The number of ether oxygens (including phenoxy) is 2. The van der Waals surface area contributed by atoms with Gasteiger partial charge in [0.25, 0.3) is 0 Å². The van der Waals surface area contributed by atoms with Gasteiger partial charge in [-0.1, -0.05) is 72.3 Å². The lowest BCUT2D eigenvalue weighted by molar-refractivity contribution is -0.145. The first-order valence-electron chi connectivity index (χ1n) is 10.6. The minimum absolute atomic E-state index is 0.0969. The summed E-state index contributed by atoms with van der Waals surface area (Å²) >= 11 is 0. The lowest BCUT2D eigenvalue weighted by atomic mass is 10.1. The van der Waals surface area contributed by atoms with Gasteiger partial charge >= 0.3 is 19.5 Å². The van der Waals surface area contributed by atoms with E-state index in [-0.39, 0.29) is 32.5 Å². The number of carbonyl (C=O) groups excluding carboxylic acids is 2. The van der Waals surface area contributed by atoms with Crippen LogP contribution >= 0.6 is 7.60 Å². The second kappa shape index (κ2) is 13.7. The monoisotopic (exact) mass is 475 g/mol. The van der Waals surface area contributed by atoms with Gasteiger partial charge in [-0.05, 0) is 24.0 Å². The highest BCUT2D eigenvalue weighted by atomic mass is 31.2. The average molecular weight is 475 g/mol. The second-order valence-corrected chi connectivity index (χ2v) is 9.31. The molecule has 178 valence electrons. The normalized spacial score (nSPS) is 12.8. The van der Waals surface area contributed by atoms with Crippen LogP contribution in [0.2, 0.25) is 0 Å². The molecule has 0 aliphatic heterocycles. The van der Waals surface area contributed by atoms with Crippen molar-refractivity contribution < 1.29 is 33.4 Å². The van der Waals surface area contributed by atoms with Crippen LogP contribution in [0.15, 0.2) is 72.3 Å². The Hall–Kier alpha value is -2.77. The first kappa shape index (κ1) is 26.5. The quantitative estimate of drug-likeness (QED) is 0.228. The summed E-state index contributed by atoms with van der Waals surface area (Å²) in [6.45, 7) is 0.289. The molecule has 2 rings (SSSR count). The number of hydrogen-bond donors (Lipinski definition) is 3. The highest BCUT2D eigenvalue weighted by Crippen LogP contribution is 2.38. The molecule has 9 heteroatoms. The number of nitrogens with two attached hydrogens (primary N) is 1. The summed E-state index contributed by atoms with van der Waals surface area (Å²) in [7, 11) is -4.34. The predicted molar refractivity (Wildman–Crippen MR) is 124 cm³/mol. The molecule has 0 saturated heterocycles. The third-order valence-electron chi connectivity index (χ3n) is 4.63. The van der Waals surface area contributed by atoms with Gasteiger partial charge < -0.3 is 25.0 Å². The molecule has 0 saturated carbocycles. The Bertz CT molecular complexity index is 957. The van der Waals surface area contributed by atoms with E-state index in [1.54, 1.807) is 0 Å². The lowest BCUT2D eigenvalue weighted by Crippen LogP contribution is -2.23. The number of hydrogen-bond acceptors (Lipinski definition) is 6. The Morgan fingerprint density at radius 1 is 0.879 bits per heavy atom. The molecule has 0 heterocycles. The van der Waals surface area contributed by atoms with Crippen molar-refractivity contribution in [3.05, 3.63) is 83.4 Å². The van der Waals surface area contributed by atoms with Gasteiger partial charge in [0.2, 0.25) is 0 Å². The topological polar surface area (TPSA) is 136 Å². The minimum atomic E-state index is -4.34. The van der Waals surface area contributed by atoms with Crippen LogP contribution in [0, 0.1) is 0 Å². The van der Waals surface area contributed by atoms with E-state index >= 15 is 0 Å². The number of benzene rings is 2. The lowest BCUT2D eigenvalue weighted by Gasteiger charge is -2.13. The fourth-order valence-electron chi connectivity index (χ4n) is 3.10. The summed E-state index contributed by atoms with van der Waals surface area (Å²) in [4.78, 5) is 42.7. The molecule has 1 atom stereocenters. The van der Waals surface area contributed by atoms with Gasteiger partial charge in [0, 0.05) is 12.5 Å². The van der Waals surface area contributed by atoms with E-state index in [1.165, 1.54) is 6.08 Å². The summed E-state index contributed by atoms with van der Waals surface area (Å²) in [6, 6.07) is 17.7. The van der Waals surface area contributed by atoms with Crippen molar-refractivity contribution >= 4 is 19.5 Å². The van der Waals surface area contributed by atoms with Gasteiger partial charge in [-0.2, -0.15) is 0 Å². The van der Waals surface area contributed by atoms with E-state index in [1.807, 2.05) is 60.7 Å². The maximum Gasteiger partial charge on any atom is 0.329 e. The van der Waals surface area contributed by atoms with Crippen LogP contribution in [0.3, 0.4) is 0 Å². The highest BCUT2D eigenvalue weighted by molar-refractivity contribution is 7.52. The zero-order chi connectivity index (χ0) is 24.1. The summed E-state index contributed by atoms with van der Waals surface area (Å²) < 4.78 is 21.9. The van der Waals surface area contributed by atoms with Crippen molar-refractivity contribution in [2.24, 2.45) is 5.73 Å². The fraction of sp³-hybridized carbons (Fsp3) is 0.333. The maximum atomic E-state index is 12.0. The molecular weight excluding hydrogens is 445 g/mol. The molecule has 4 N–H and O–H groups in total. The summed E-state index contributed by atoms with van der Waals surface area (Å²) in [5.74, 6) is -0.911. The minimum Gasteiger partial charge on any atom is -0.461 e. The second-order valence-electron chi connectivity index (χ2n) is 7.66. The molecule has 0 spiro atoms. The summed E-state index contributed by atoms with van der Waals surface area (Å²) in [5, 5.41) is 0. The van der Waals surface area contributed by atoms with Crippen LogP contribution in [0.4, 0.5) is 0 Å². The van der Waals surface area contributed by atoms with E-state index in [9.17, 15) is 23.9 Å². The zero-order valence-corrected chi connectivity index (χ0v) is 19.2.